The van der Waals surface area contributed by atoms with E-state index in [1.807, 2.05) is 6.08 Å². The van der Waals surface area contributed by atoms with E-state index in [9.17, 15) is 0 Å². The normalized spacial score (nSPS) is 23.8. The molecule has 0 radical (unpaired) electrons. The Morgan fingerprint density at radius 2 is 2.08 bits per heavy atom. The van der Waals surface area contributed by atoms with Crippen molar-refractivity contribution in [1.29, 1.82) is 0 Å². The van der Waals surface area contributed by atoms with Crippen molar-refractivity contribution in [3.05, 3.63) is 12.7 Å². The third-order valence-corrected chi connectivity index (χ3v) is 3.51. The molecule has 0 aromatic heterocycles. The lowest BCUT2D eigenvalue weighted by atomic mass is 9.75. The van der Waals surface area contributed by atoms with Gasteiger partial charge in [0.2, 0.25) is 0 Å². The van der Waals surface area contributed by atoms with Gasteiger partial charge in [-0.25, -0.2) is 0 Å². The molecule has 1 heteroatoms. The zero-order valence-electron chi connectivity index (χ0n) is 8.18. The second kappa shape index (κ2) is 4.08. The molecule has 1 unspecified atom stereocenters. The predicted octanol–water partition coefficient (Wildman–Crippen LogP) is 2.86. The molecule has 1 aliphatic rings. The fourth-order valence-electron chi connectivity index (χ4n) is 2.50. The highest BCUT2D eigenvalue weighted by Gasteiger charge is 2.36. The zero-order chi connectivity index (χ0) is 9.03. The highest BCUT2D eigenvalue weighted by Crippen LogP contribution is 2.43. The summed E-state index contributed by atoms with van der Waals surface area (Å²) in [7, 11) is 0. The van der Waals surface area contributed by atoms with Crippen molar-refractivity contribution in [2.45, 2.75) is 51.5 Å². The molecule has 0 bridgehead atoms. The van der Waals surface area contributed by atoms with E-state index in [0.29, 0.717) is 11.5 Å². The minimum atomic E-state index is 0.350. The number of rotatable bonds is 4. The molecule has 12 heavy (non-hydrogen) atoms. The summed E-state index contributed by atoms with van der Waals surface area (Å²) in [6, 6.07) is 0.350. The Labute approximate surface area is 76.0 Å². The maximum Gasteiger partial charge on any atom is 0.0130 e. The molecule has 0 amide bonds. The van der Waals surface area contributed by atoms with Crippen LogP contribution in [-0.4, -0.2) is 6.04 Å². The van der Waals surface area contributed by atoms with E-state index in [0.717, 1.165) is 6.42 Å². The highest BCUT2D eigenvalue weighted by molar-refractivity contribution is 4.94. The van der Waals surface area contributed by atoms with Crippen LogP contribution in [0.1, 0.15) is 45.4 Å². The number of hydrogen-bond donors (Lipinski definition) is 1. The molecule has 0 heterocycles. The van der Waals surface area contributed by atoms with Crippen LogP contribution in [-0.2, 0) is 0 Å². The predicted molar refractivity (Wildman–Crippen MR) is 54.0 cm³/mol. The third-order valence-electron chi connectivity index (χ3n) is 3.51. The van der Waals surface area contributed by atoms with E-state index in [4.69, 9.17) is 5.73 Å². The Morgan fingerprint density at radius 3 is 2.50 bits per heavy atom. The van der Waals surface area contributed by atoms with Crippen molar-refractivity contribution in [1.82, 2.24) is 0 Å². The largest absolute Gasteiger partial charge is 0.327 e. The van der Waals surface area contributed by atoms with Crippen LogP contribution in [0.4, 0.5) is 0 Å². The maximum atomic E-state index is 6.16. The molecule has 0 spiro atoms. The summed E-state index contributed by atoms with van der Waals surface area (Å²) in [5.74, 6) is 0. The molecule has 1 saturated carbocycles. The molecule has 1 fully saturated rings. The van der Waals surface area contributed by atoms with Crippen LogP contribution in [0, 0.1) is 5.41 Å². The number of hydrogen-bond acceptors (Lipinski definition) is 1. The summed E-state index contributed by atoms with van der Waals surface area (Å²) in [5.41, 5.74) is 6.62. The van der Waals surface area contributed by atoms with E-state index in [1.54, 1.807) is 0 Å². The van der Waals surface area contributed by atoms with Gasteiger partial charge in [-0.3, -0.25) is 0 Å². The first kappa shape index (κ1) is 9.79. The Balaban J connectivity index is 2.58. The van der Waals surface area contributed by atoms with Gasteiger partial charge in [0.05, 0.1) is 0 Å². The Kier molecular flexibility index (Phi) is 3.33. The van der Waals surface area contributed by atoms with Crippen LogP contribution in [0.5, 0.6) is 0 Å². The Bertz CT molecular complexity index is 145. The smallest absolute Gasteiger partial charge is 0.0130 e. The quantitative estimate of drug-likeness (QED) is 0.640. The molecule has 1 rings (SSSR count). The minimum absolute atomic E-state index is 0.350. The lowest BCUT2D eigenvalue weighted by molar-refractivity contribution is 0.221. The van der Waals surface area contributed by atoms with Gasteiger partial charge in [-0.1, -0.05) is 25.8 Å². The van der Waals surface area contributed by atoms with Gasteiger partial charge in [-0.2, -0.15) is 0 Å². The first-order valence-corrected chi connectivity index (χ1v) is 5.11. The third kappa shape index (κ3) is 1.71. The molecule has 0 aromatic carbocycles. The molecule has 0 aromatic rings. The fourth-order valence-corrected chi connectivity index (χ4v) is 2.50. The van der Waals surface area contributed by atoms with Crippen LogP contribution in [0.25, 0.3) is 0 Å². The SMILES string of the molecule is C=CCC(N)C1(CC)CCCC1. The highest BCUT2D eigenvalue weighted by atomic mass is 14.7. The average molecular weight is 167 g/mol. The van der Waals surface area contributed by atoms with Gasteiger partial charge in [0.15, 0.2) is 0 Å². The Morgan fingerprint density at radius 1 is 1.50 bits per heavy atom. The standard InChI is InChI=1S/C11H21N/c1-3-7-10(12)11(4-2)8-5-6-9-11/h3,10H,1,4-9,12H2,2H3. The van der Waals surface area contributed by atoms with Crippen LogP contribution < -0.4 is 5.73 Å². The first-order chi connectivity index (χ1) is 5.75. The molecule has 0 aliphatic heterocycles. The lowest BCUT2D eigenvalue weighted by Gasteiger charge is -2.33. The molecule has 1 aliphatic carbocycles. The van der Waals surface area contributed by atoms with Crippen LogP contribution in [0.2, 0.25) is 0 Å². The van der Waals surface area contributed by atoms with Crippen LogP contribution in [0.3, 0.4) is 0 Å². The van der Waals surface area contributed by atoms with Gasteiger partial charge < -0.3 is 5.73 Å². The lowest BCUT2D eigenvalue weighted by Crippen LogP contribution is -2.38. The summed E-state index contributed by atoms with van der Waals surface area (Å²) in [5, 5.41) is 0. The van der Waals surface area contributed by atoms with Crippen molar-refractivity contribution >= 4 is 0 Å². The van der Waals surface area contributed by atoms with E-state index < -0.39 is 0 Å². The maximum absolute atomic E-state index is 6.16. The second-order valence-electron chi connectivity index (χ2n) is 4.05. The van der Waals surface area contributed by atoms with Crippen molar-refractivity contribution in [2.75, 3.05) is 0 Å². The van der Waals surface area contributed by atoms with Gasteiger partial charge in [-0.15, -0.1) is 6.58 Å². The summed E-state index contributed by atoms with van der Waals surface area (Å²) in [4.78, 5) is 0. The fraction of sp³-hybridized carbons (Fsp3) is 0.818. The van der Waals surface area contributed by atoms with E-state index >= 15 is 0 Å². The summed E-state index contributed by atoms with van der Waals surface area (Å²) in [6.45, 7) is 6.03. The van der Waals surface area contributed by atoms with Gasteiger partial charge in [0.1, 0.15) is 0 Å². The van der Waals surface area contributed by atoms with Crippen molar-refractivity contribution in [3.8, 4) is 0 Å². The van der Waals surface area contributed by atoms with E-state index in [2.05, 4.69) is 13.5 Å². The molecular weight excluding hydrogens is 146 g/mol. The van der Waals surface area contributed by atoms with Gasteiger partial charge in [0.25, 0.3) is 0 Å². The van der Waals surface area contributed by atoms with Crippen molar-refractivity contribution < 1.29 is 0 Å². The van der Waals surface area contributed by atoms with Crippen LogP contribution in [0.15, 0.2) is 12.7 Å². The van der Waals surface area contributed by atoms with Crippen LogP contribution >= 0.6 is 0 Å². The molecule has 1 atom stereocenters. The average Bonchev–Trinajstić information content (AvgIpc) is 2.54. The minimum Gasteiger partial charge on any atom is -0.327 e. The summed E-state index contributed by atoms with van der Waals surface area (Å²) < 4.78 is 0. The van der Waals surface area contributed by atoms with Gasteiger partial charge in [0, 0.05) is 6.04 Å². The molecular formula is C11H21N. The van der Waals surface area contributed by atoms with E-state index in [-0.39, 0.29) is 0 Å². The monoisotopic (exact) mass is 167 g/mol. The van der Waals surface area contributed by atoms with Gasteiger partial charge in [-0.05, 0) is 31.1 Å². The summed E-state index contributed by atoms with van der Waals surface area (Å²) >= 11 is 0. The number of nitrogens with two attached hydrogens (primary N) is 1. The van der Waals surface area contributed by atoms with E-state index in [1.165, 1.54) is 32.1 Å². The second-order valence-corrected chi connectivity index (χ2v) is 4.05. The van der Waals surface area contributed by atoms with Gasteiger partial charge >= 0.3 is 0 Å². The topological polar surface area (TPSA) is 26.0 Å². The van der Waals surface area contributed by atoms with Crippen molar-refractivity contribution in [2.24, 2.45) is 11.1 Å². The Hall–Kier alpha value is -0.300. The zero-order valence-corrected chi connectivity index (χ0v) is 8.18. The first-order valence-electron chi connectivity index (χ1n) is 5.11. The molecule has 70 valence electrons. The molecule has 0 saturated heterocycles. The molecule has 1 nitrogen and oxygen atoms in total. The summed E-state index contributed by atoms with van der Waals surface area (Å²) in [6.07, 6.45) is 9.59. The van der Waals surface area contributed by atoms with Crippen molar-refractivity contribution in [3.63, 3.8) is 0 Å². The molecule has 2 N–H and O–H groups in total.